The summed E-state index contributed by atoms with van der Waals surface area (Å²) >= 11 is 1.65. The first-order valence-corrected chi connectivity index (χ1v) is 14.6. The number of hydrogen-bond acceptors (Lipinski definition) is 5. The fraction of sp³-hybridized carbons (Fsp3) is 0.500. The molecule has 0 spiro atoms. The van der Waals surface area contributed by atoms with E-state index in [1.165, 1.54) is 58.3 Å². The van der Waals surface area contributed by atoms with E-state index in [2.05, 4.69) is 104 Å². The number of unbranched alkanes of at least 4 members (excludes halogenated alkanes) is 2. The quantitative estimate of drug-likeness (QED) is 0.218. The summed E-state index contributed by atoms with van der Waals surface area (Å²) in [6.45, 7) is 23.1. The molecule has 1 aliphatic heterocycles. The van der Waals surface area contributed by atoms with Crippen molar-refractivity contribution >= 4 is 23.4 Å². The summed E-state index contributed by atoms with van der Waals surface area (Å²) in [7, 11) is 4.38. The van der Waals surface area contributed by atoms with Gasteiger partial charge >= 0.3 is 0 Å². The van der Waals surface area contributed by atoms with E-state index in [-0.39, 0.29) is 0 Å². The molecule has 0 atom stereocenters. The lowest BCUT2D eigenvalue weighted by molar-refractivity contribution is 0.155. The maximum atomic E-state index is 4.33. The van der Waals surface area contributed by atoms with Crippen LogP contribution in [0.1, 0.15) is 61.8 Å². The van der Waals surface area contributed by atoms with Gasteiger partial charge in [-0.15, -0.1) is 0 Å². The van der Waals surface area contributed by atoms with Gasteiger partial charge in [-0.2, -0.15) is 0 Å². The van der Waals surface area contributed by atoms with Gasteiger partial charge in [0.25, 0.3) is 0 Å². The van der Waals surface area contributed by atoms with Gasteiger partial charge in [0.05, 0.1) is 17.8 Å². The third-order valence-electron chi connectivity index (χ3n) is 7.46. The summed E-state index contributed by atoms with van der Waals surface area (Å²) in [5, 5.41) is 0. The molecule has 2 aromatic carbocycles. The molecule has 3 rings (SSSR count). The summed E-state index contributed by atoms with van der Waals surface area (Å²) in [5.74, 6) is 0. The number of piperazine rings is 1. The highest BCUT2D eigenvalue weighted by atomic mass is 32.2. The minimum Gasteiger partial charge on any atom is -0.316 e. The largest absolute Gasteiger partial charge is 0.316 e. The second-order valence-electron chi connectivity index (χ2n) is 10.7. The lowest BCUT2D eigenvalue weighted by atomic mass is 9.89. The first kappa shape index (κ1) is 29.3. The summed E-state index contributed by atoms with van der Waals surface area (Å²) < 4.78 is 5.85. The van der Waals surface area contributed by atoms with E-state index in [9.17, 15) is 0 Å². The highest BCUT2D eigenvalue weighted by Gasteiger charge is 2.18. The molecule has 1 aliphatic rings. The van der Waals surface area contributed by atoms with Crippen molar-refractivity contribution in [2.75, 3.05) is 51.1 Å². The predicted molar refractivity (Wildman–Crippen MR) is 166 cm³/mol. The first-order chi connectivity index (χ1) is 17.7. The van der Waals surface area contributed by atoms with E-state index in [0.717, 1.165) is 56.8 Å². The number of rotatable bonds is 13. The highest BCUT2D eigenvalue weighted by molar-refractivity contribution is 7.98. The van der Waals surface area contributed by atoms with Crippen molar-refractivity contribution in [3.05, 3.63) is 71.4 Å². The van der Waals surface area contributed by atoms with Gasteiger partial charge in [-0.1, -0.05) is 74.4 Å². The number of nitrogens with zero attached hydrogens (tertiary/aromatic N) is 3. The molecule has 0 amide bonds. The Balaban J connectivity index is 1.79. The minimum absolute atomic E-state index is 0.970. The molecule has 1 heterocycles. The van der Waals surface area contributed by atoms with Crippen LogP contribution in [0.25, 0.3) is 16.7 Å². The molecule has 2 aromatic rings. The first-order valence-electron chi connectivity index (χ1n) is 13.9. The number of allylic oxidation sites excluding steroid dienone is 1. The van der Waals surface area contributed by atoms with Crippen molar-refractivity contribution in [1.29, 1.82) is 0 Å². The van der Waals surface area contributed by atoms with Gasteiger partial charge in [0.2, 0.25) is 0 Å². The van der Waals surface area contributed by atoms with E-state index >= 15 is 0 Å². The molecule has 0 aliphatic carbocycles. The highest BCUT2D eigenvalue weighted by Crippen LogP contribution is 2.39. The van der Waals surface area contributed by atoms with E-state index in [4.69, 9.17) is 0 Å². The Morgan fingerprint density at radius 3 is 2.43 bits per heavy atom. The molecule has 1 fully saturated rings. The maximum absolute atomic E-state index is 4.33. The molecule has 0 aromatic heterocycles. The zero-order valence-electron chi connectivity index (χ0n) is 24.1. The van der Waals surface area contributed by atoms with Crippen LogP contribution in [0.2, 0.25) is 0 Å². The second kappa shape index (κ2) is 14.1. The van der Waals surface area contributed by atoms with Crippen LogP contribution in [0.15, 0.2) is 49.2 Å². The van der Waals surface area contributed by atoms with Gasteiger partial charge in [0, 0.05) is 51.9 Å². The fourth-order valence-corrected chi connectivity index (χ4v) is 5.81. The molecule has 37 heavy (non-hydrogen) atoms. The van der Waals surface area contributed by atoms with Gasteiger partial charge in [-0.3, -0.25) is 0 Å². The maximum Gasteiger partial charge on any atom is 0.0679 e. The Morgan fingerprint density at radius 2 is 1.76 bits per heavy atom. The topological polar surface area (TPSA) is 21.8 Å². The second-order valence-corrected chi connectivity index (χ2v) is 11.7. The average Bonchev–Trinajstić information content (AvgIpc) is 2.87. The predicted octanol–water partition coefficient (Wildman–Crippen LogP) is 7.48. The van der Waals surface area contributed by atoms with Crippen LogP contribution in [-0.4, -0.2) is 56.6 Å². The van der Waals surface area contributed by atoms with E-state index < -0.39 is 0 Å². The average molecular weight is 521 g/mol. The molecule has 0 unspecified atom stereocenters. The molecule has 5 heteroatoms. The van der Waals surface area contributed by atoms with E-state index in [1.54, 1.807) is 12.1 Å². The summed E-state index contributed by atoms with van der Waals surface area (Å²) in [4.78, 5) is 4.95. The standard InChI is InChI=1S/C32H48N4S/c1-9-10-11-12-28-14-16-30(31-23-25(4)13-15-29(31)24(2)3)27(6)32(28)35(8)37-33-26(5)17-18-36-21-19-34(7)20-22-36/h13-16,23,33H,2,5,9-12,17-22H2,1,3-4,6-8H3. The number of nitrogens with one attached hydrogen (secondary N) is 1. The van der Waals surface area contributed by atoms with Gasteiger partial charge < -0.3 is 18.8 Å². The van der Waals surface area contributed by atoms with Crippen LogP contribution in [0.4, 0.5) is 5.69 Å². The van der Waals surface area contributed by atoms with Crippen LogP contribution in [0, 0.1) is 13.8 Å². The minimum atomic E-state index is 0.970. The SMILES string of the molecule is C=C(CCN1CCN(C)CC1)NSN(C)c1c(CCCCC)ccc(-c2cc(C)ccc2C(=C)C)c1C. The van der Waals surface area contributed by atoms with Crippen molar-refractivity contribution < 1.29 is 0 Å². The van der Waals surface area contributed by atoms with Crippen LogP contribution in [0.5, 0.6) is 0 Å². The van der Waals surface area contributed by atoms with Gasteiger partial charge in [-0.25, -0.2) is 0 Å². The monoisotopic (exact) mass is 520 g/mol. The van der Waals surface area contributed by atoms with Gasteiger partial charge in [0.15, 0.2) is 0 Å². The van der Waals surface area contributed by atoms with Crippen LogP contribution in [0.3, 0.4) is 0 Å². The number of anilines is 1. The Labute approximate surface area is 231 Å². The third-order valence-corrected chi connectivity index (χ3v) is 8.29. The molecule has 0 radical (unpaired) electrons. The van der Waals surface area contributed by atoms with Crippen molar-refractivity contribution in [1.82, 2.24) is 14.5 Å². The lowest BCUT2D eigenvalue weighted by Crippen LogP contribution is -2.44. The lowest BCUT2D eigenvalue weighted by Gasteiger charge is -2.32. The molecule has 0 saturated carbocycles. The third kappa shape index (κ3) is 8.13. The number of likely N-dealkylation sites (N-methyl/N-ethyl adjacent to an activating group) is 1. The van der Waals surface area contributed by atoms with Crippen LogP contribution >= 0.6 is 12.1 Å². The van der Waals surface area contributed by atoms with E-state index in [0.29, 0.717) is 0 Å². The molecule has 202 valence electrons. The summed E-state index contributed by atoms with van der Waals surface area (Å²) in [6, 6.07) is 11.4. The van der Waals surface area contributed by atoms with Gasteiger partial charge in [-0.05, 0) is 68.5 Å². The van der Waals surface area contributed by atoms with Crippen molar-refractivity contribution in [3.63, 3.8) is 0 Å². The van der Waals surface area contributed by atoms with Crippen molar-refractivity contribution in [2.24, 2.45) is 0 Å². The van der Waals surface area contributed by atoms with Crippen LogP contribution < -0.4 is 9.03 Å². The zero-order chi connectivity index (χ0) is 26.9. The van der Waals surface area contributed by atoms with Crippen LogP contribution in [-0.2, 0) is 6.42 Å². The van der Waals surface area contributed by atoms with E-state index in [1.807, 2.05) is 0 Å². The Hall–Kier alpha value is -2.21. The Bertz CT molecular complexity index is 1070. The number of aryl methyl sites for hydroxylation is 2. The molecule has 1 saturated heterocycles. The Morgan fingerprint density at radius 1 is 1.03 bits per heavy atom. The molecule has 0 bridgehead atoms. The van der Waals surface area contributed by atoms with Crippen molar-refractivity contribution in [3.8, 4) is 11.1 Å². The smallest absolute Gasteiger partial charge is 0.0679 e. The number of benzene rings is 2. The molecule has 4 nitrogen and oxygen atoms in total. The van der Waals surface area contributed by atoms with Gasteiger partial charge in [0.1, 0.15) is 0 Å². The summed E-state index contributed by atoms with van der Waals surface area (Å²) in [6.07, 6.45) is 5.78. The number of hydrogen-bond donors (Lipinski definition) is 1. The summed E-state index contributed by atoms with van der Waals surface area (Å²) in [5.41, 5.74) is 11.3. The Kier molecular flexibility index (Phi) is 11.2. The van der Waals surface area contributed by atoms with Crippen molar-refractivity contribution in [2.45, 2.75) is 59.8 Å². The molecular formula is C32H48N4S. The zero-order valence-corrected chi connectivity index (χ0v) is 24.9. The molecular weight excluding hydrogens is 472 g/mol. The normalized spacial score (nSPS) is 14.5. The molecule has 1 N–H and O–H groups in total. The fourth-order valence-electron chi connectivity index (χ4n) is 5.10.